The second kappa shape index (κ2) is 5.60. The van der Waals surface area contributed by atoms with E-state index in [9.17, 15) is 10.0 Å². The van der Waals surface area contributed by atoms with Crippen LogP contribution >= 0.6 is 0 Å². The first-order valence-corrected chi connectivity index (χ1v) is 7.15. The molecule has 0 radical (unpaired) electrons. The molecule has 3 aliphatic heterocycles. The van der Waals surface area contributed by atoms with Crippen LogP contribution in [0.4, 0.5) is 0 Å². The van der Waals surface area contributed by atoms with Gasteiger partial charge in [-0.3, -0.25) is 4.79 Å². The fourth-order valence-electron chi connectivity index (χ4n) is 3.06. The number of carbonyl (C=O) groups is 1. The highest BCUT2D eigenvalue weighted by Crippen LogP contribution is 2.34. The summed E-state index contributed by atoms with van der Waals surface area (Å²) in [5, 5.41) is 12.8. The summed E-state index contributed by atoms with van der Waals surface area (Å²) in [6.07, 6.45) is 4.00. The van der Waals surface area contributed by atoms with E-state index in [0.29, 0.717) is 11.7 Å². The molecule has 0 saturated carbocycles. The van der Waals surface area contributed by atoms with Crippen LogP contribution in [0.3, 0.4) is 0 Å². The SMILES string of the molecule is CC(=O)Oc1ccccc1/C=C1/C(=N\O)C2CCN1CC2. The molecule has 1 N–H and O–H groups in total. The molecule has 3 heterocycles. The van der Waals surface area contributed by atoms with Gasteiger partial charge >= 0.3 is 5.97 Å². The van der Waals surface area contributed by atoms with Gasteiger partial charge in [0.25, 0.3) is 0 Å². The number of allylic oxidation sites excluding steroid dienone is 1. The van der Waals surface area contributed by atoms with Crippen molar-refractivity contribution in [2.24, 2.45) is 11.1 Å². The molecule has 3 aliphatic rings. The molecular formula is C16H18N2O3. The van der Waals surface area contributed by atoms with Crippen molar-refractivity contribution in [2.75, 3.05) is 13.1 Å². The minimum atomic E-state index is -0.345. The van der Waals surface area contributed by atoms with Crippen LogP contribution in [0.25, 0.3) is 6.08 Å². The van der Waals surface area contributed by atoms with E-state index in [0.717, 1.165) is 42.9 Å². The minimum absolute atomic E-state index is 0.326. The number of hydrogen-bond acceptors (Lipinski definition) is 5. The van der Waals surface area contributed by atoms with Crippen molar-refractivity contribution < 1.29 is 14.7 Å². The monoisotopic (exact) mass is 286 g/mol. The standard InChI is InChI=1S/C16H18N2O3/c1-11(19)21-15-5-3-2-4-13(15)10-14-16(17-20)12-6-8-18(14)9-7-12/h2-5,10,12,20H,6-9H2,1H3/b14-10-,17-16-. The molecule has 5 nitrogen and oxygen atoms in total. The van der Waals surface area contributed by atoms with Gasteiger partial charge in [-0.1, -0.05) is 23.4 Å². The number of fused-ring (bicyclic) bond motifs is 3. The van der Waals surface area contributed by atoms with Crippen LogP contribution in [0, 0.1) is 5.92 Å². The van der Waals surface area contributed by atoms with E-state index in [1.807, 2.05) is 24.3 Å². The molecule has 21 heavy (non-hydrogen) atoms. The summed E-state index contributed by atoms with van der Waals surface area (Å²) in [7, 11) is 0. The summed E-state index contributed by atoms with van der Waals surface area (Å²) >= 11 is 0. The number of rotatable bonds is 2. The molecule has 0 amide bonds. The first-order valence-electron chi connectivity index (χ1n) is 7.15. The first kappa shape index (κ1) is 13.7. The van der Waals surface area contributed by atoms with Crippen molar-refractivity contribution in [3.63, 3.8) is 0 Å². The van der Waals surface area contributed by atoms with Crippen LogP contribution in [0.2, 0.25) is 0 Å². The molecule has 0 aliphatic carbocycles. The Labute approximate surface area is 123 Å². The van der Waals surface area contributed by atoms with Gasteiger partial charge in [0.1, 0.15) is 11.5 Å². The van der Waals surface area contributed by atoms with E-state index in [4.69, 9.17) is 4.74 Å². The summed E-state index contributed by atoms with van der Waals surface area (Å²) in [4.78, 5) is 13.4. The number of carbonyl (C=O) groups excluding carboxylic acids is 1. The highest BCUT2D eigenvalue weighted by Gasteiger charge is 2.35. The zero-order valence-electron chi connectivity index (χ0n) is 12.0. The smallest absolute Gasteiger partial charge is 0.308 e. The van der Waals surface area contributed by atoms with Gasteiger partial charge in [0.2, 0.25) is 0 Å². The molecule has 0 spiro atoms. The van der Waals surface area contributed by atoms with E-state index in [1.54, 1.807) is 6.07 Å². The molecule has 0 atom stereocenters. The predicted octanol–water partition coefficient (Wildman–Crippen LogP) is 2.51. The van der Waals surface area contributed by atoms with E-state index >= 15 is 0 Å². The third kappa shape index (κ3) is 2.63. The van der Waals surface area contributed by atoms with E-state index < -0.39 is 0 Å². The lowest BCUT2D eigenvalue weighted by Gasteiger charge is -2.42. The van der Waals surface area contributed by atoms with Gasteiger partial charge in [-0.05, 0) is 25.0 Å². The molecule has 3 saturated heterocycles. The van der Waals surface area contributed by atoms with Gasteiger partial charge in [0, 0.05) is 31.5 Å². The van der Waals surface area contributed by atoms with E-state index in [1.165, 1.54) is 6.92 Å². The molecular weight excluding hydrogens is 268 g/mol. The minimum Gasteiger partial charge on any atom is -0.426 e. The summed E-state index contributed by atoms with van der Waals surface area (Å²) in [6, 6.07) is 7.38. The number of piperidine rings is 3. The second-order valence-corrected chi connectivity index (χ2v) is 5.41. The Hall–Kier alpha value is -2.30. The maximum atomic E-state index is 11.2. The average Bonchev–Trinajstić information content (AvgIpc) is 2.50. The average molecular weight is 286 g/mol. The van der Waals surface area contributed by atoms with Crippen LogP contribution in [0.1, 0.15) is 25.3 Å². The van der Waals surface area contributed by atoms with Gasteiger partial charge in [-0.15, -0.1) is 0 Å². The Balaban J connectivity index is 1.99. The number of esters is 1. The Morgan fingerprint density at radius 1 is 1.38 bits per heavy atom. The van der Waals surface area contributed by atoms with Crippen molar-refractivity contribution >= 4 is 17.8 Å². The molecule has 1 aromatic rings. The van der Waals surface area contributed by atoms with Crippen molar-refractivity contribution in [1.82, 2.24) is 4.90 Å². The van der Waals surface area contributed by atoms with Crippen LogP contribution in [-0.4, -0.2) is 34.9 Å². The third-order valence-electron chi connectivity index (χ3n) is 4.06. The molecule has 3 fully saturated rings. The molecule has 1 aromatic carbocycles. The van der Waals surface area contributed by atoms with Crippen LogP contribution in [-0.2, 0) is 4.79 Å². The number of ether oxygens (including phenoxy) is 1. The van der Waals surface area contributed by atoms with Crippen LogP contribution < -0.4 is 4.74 Å². The highest BCUT2D eigenvalue weighted by atomic mass is 16.5. The summed E-state index contributed by atoms with van der Waals surface area (Å²) in [5.41, 5.74) is 2.49. The summed E-state index contributed by atoms with van der Waals surface area (Å²) in [6.45, 7) is 3.34. The third-order valence-corrected chi connectivity index (χ3v) is 4.06. The van der Waals surface area contributed by atoms with Crippen LogP contribution in [0.5, 0.6) is 5.75 Å². The number of oxime groups is 1. The van der Waals surface area contributed by atoms with Crippen LogP contribution in [0.15, 0.2) is 35.1 Å². The topological polar surface area (TPSA) is 62.1 Å². The maximum absolute atomic E-state index is 11.2. The predicted molar refractivity (Wildman–Crippen MR) is 79.2 cm³/mol. The lowest BCUT2D eigenvalue weighted by atomic mass is 9.83. The lowest BCUT2D eigenvalue weighted by molar-refractivity contribution is -0.131. The Morgan fingerprint density at radius 3 is 2.76 bits per heavy atom. The molecule has 110 valence electrons. The van der Waals surface area contributed by atoms with Gasteiger partial charge in [0.05, 0.1) is 5.70 Å². The summed E-state index contributed by atoms with van der Waals surface area (Å²) in [5.74, 6) is 0.506. The number of para-hydroxylation sites is 1. The highest BCUT2D eigenvalue weighted by molar-refractivity contribution is 6.05. The van der Waals surface area contributed by atoms with E-state index in [-0.39, 0.29) is 5.97 Å². The molecule has 0 aromatic heterocycles. The molecule has 0 unspecified atom stereocenters. The fraction of sp³-hybridized carbons (Fsp3) is 0.375. The van der Waals surface area contributed by atoms with Crippen molar-refractivity contribution in [2.45, 2.75) is 19.8 Å². The fourth-order valence-corrected chi connectivity index (χ4v) is 3.06. The maximum Gasteiger partial charge on any atom is 0.308 e. The zero-order chi connectivity index (χ0) is 14.8. The largest absolute Gasteiger partial charge is 0.426 e. The van der Waals surface area contributed by atoms with Gasteiger partial charge in [-0.2, -0.15) is 0 Å². The first-order chi connectivity index (χ1) is 10.2. The van der Waals surface area contributed by atoms with Gasteiger partial charge in [0.15, 0.2) is 0 Å². The van der Waals surface area contributed by atoms with Gasteiger partial charge < -0.3 is 14.8 Å². The quantitative estimate of drug-likeness (QED) is 0.393. The lowest BCUT2D eigenvalue weighted by Crippen LogP contribution is -2.46. The van der Waals surface area contributed by atoms with Crippen molar-refractivity contribution in [3.8, 4) is 5.75 Å². The van der Waals surface area contributed by atoms with Crippen molar-refractivity contribution in [1.29, 1.82) is 0 Å². The number of benzene rings is 1. The Kier molecular flexibility index (Phi) is 3.64. The number of nitrogens with zero attached hydrogens (tertiary/aromatic N) is 2. The summed E-state index contributed by atoms with van der Waals surface area (Å²) < 4.78 is 5.23. The van der Waals surface area contributed by atoms with Crippen molar-refractivity contribution in [3.05, 3.63) is 35.5 Å². The normalized spacial score (nSPS) is 22.0. The Bertz CT molecular complexity index is 614. The molecule has 2 bridgehead atoms. The number of hydrogen-bond donors (Lipinski definition) is 1. The molecule has 5 heteroatoms. The van der Waals surface area contributed by atoms with Gasteiger partial charge in [-0.25, -0.2) is 0 Å². The zero-order valence-corrected chi connectivity index (χ0v) is 12.0. The molecule has 4 rings (SSSR count). The Morgan fingerprint density at radius 2 is 2.10 bits per heavy atom. The van der Waals surface area contributed by atoms with E-state index in [2.05, 4.69) is 10.1 Å². The second-order valence-electron chi connectivity index (χ2n) is 5.41.